The molecule has 0 radical (unpaired) electrons. The lowest BCUT2D eigenvalue weighted by atomic mass is 9.90. The number of rotatable bonds is 9. The standard InChI is InChI=1S/C12H26O4Si/c1-4-12(2,3)11(14)16-10(8-13)9-15-6-5-7-17/h10,13H,4-9H2,1-3,17H3. The van der Waals surface area contributed by atoms with Crippen molar-refractivity contribution in [3.63, 3.8) is 0 Å². The van der Waals surface area contributed by atoms with Gasteiger partial charge in [0.1, 0.15) is 6.10 Å². The topological polar surface area (TPSA) is 55.8 Å². The van der Waals surface area contributed by atoms with Crippen molar-refractivity contribution in [3.8, 4) is 0 Å². The largest absolute Gasteiger partial charge is 0.457 e. The summed E-state index contributed by atoms with van der Waals surface area (Å²) in [5, 5.41) is 9.12. The van der Waals surface area contributed by atoms with Gasteiger partial charge >= 0.3 is 5.97 Å². The van der Waals surface area contributed by atoms with Gasteiger partial charge in [-0.3, -0.25) is 4.79 Å². The minimum absolute atomic E-state index is 0.188. The number of ether oxygens (including phenoxy) is 2. The third kappa shape index (κ3) is 6.80. The van der Waals surface area contributed by atoms with E-state index in [2.05, 4.69) is 0 Å². The monoisotopic (exact) mass is 262 g/mol. The molecule has 1 atom stereocenters. The Morgan fingerprint density at radius 3 is 2.59 bits per heavy atom. The van der Waals surface area contributed by atoms with Crippen molar-refractivity contribution in [2.24, 2.45) is 5.41 Å². The van der Waals surface area contributed by atoms with Crippen molar-refractivity contribution in [3.05, 3.63) is 0 Å². The van der Waals surface area contributed by atoms with Gasteiger partial charge in [-0.05, 0) is 26.7 Å². The first-order valence-electron chi connectivity index (χ1n) is 6.37. The van der Waals surface area contributed by atoms with Crippen molar-refractivity contribution in [2.75, 3.05) is 19.8 Å². The third-order valence-electron chi connectivity index (χ3n) is 2.86. The summed E-state index contributed by atoms with van der Waals surface area (Å²) in [5.74, 6) is -0.273. The maximum Gasteiger partial charge on any atom is 0.311 e. The van der Waals surface area contributed by atoms with Gasteiger partial charge in [0.05, 0.1) is 18.6 Å². The second-order valence-electron chi connectivity index (χ2n) is 4.88. The lowest BCUT2D eigenvalue weighted by molar-refractivity contribution is -0.165. The molecule has 1 N–H and O–H groups in total. The van der Waals surface area contributed by atoms with Crippen LogP contribution in [0.25, 0.3) is 0 Å². The minimum atomic E-state index is -0.539. The van der Waals surface area contributed by atoms with Crippen LogP contribution >= 0.6 is 0 Å². The van der Waals surface area contributed by atoms with E-state index in [1.54, 1.807) is 0 Å². The Labute approximate surface area is 107 Å². The Kier molecular flexibility index (Phi) is 8.46. The highest BCUT2D eigenvalue weighted by atomic mass is 28.1. The van der Waals surface area contributed by atoms with Crippen molar-refractivity contribution in [1.29, 1.82) is 0 Å². The molecule has 17 heavy (non-hydrogen) atoms. The van der Waals surface area contributed by atoms with Crippen LogP contribution in [-0.4, -0.2) is 47.2 Å². The number of aliphatic hydroxyl groups is 1. The van der Waals surface area contributed by atoms with Gasteiger partial charge in [-0.25, -0.2) is 0 Å². The fourth-order valence-electron chi connectivity index (χ4n) is 1.04. The Morgan fingerprint density at radius 1 is 1.47 bits per heavy atom. The number of hydrogen-bond acceptors (Lipinski definition) is 4. The first-order valence-corrected chi connectivity index (χ1v) is 7.79. The van der Waals surface area contributed by atoms with Gasteiger partial charge in [-0.2, -0.15) is 0 Å². The number of hydrogen-bond donors (Lipinski definition) is 1. The van der Waals surface area contributed by atoms with Crippen molar-refractivity contribution in [1.82, 2.24) is 0 Å². The molecule has 0 aliphatic heterocycles. The Bertz CT molecular complexity index is 219. The average molecular weight is 262 g/mol. The maximum atomic E-state index is 11.8. The van der Waals surface area contributed by atoms with E-state index in [1.807, 2.05) is 20.8 Å². The molecule has 0 amide bonds. The summed E-state index contributed by atoms with van der Waals surface area (Å²) in [4.78, 5) is 11.8. The highest BCUT2D eigenvalue weighted by Gasteiger charge is 2.29. The molecule has 0 bridgehead atoms. The molecule has 102 valence electrons. The van der Waals surface area contributed by atoms with E-state index in [-0.39, 0.29) is 19.2 Å². The zero-order valence-electron chi connectivity index (χ0n) is 11.5. The second-order valence-corrected chi connectivity index (χ2v) is 5.88. The van der Waals surface area contributed by atoms with E-state index in [0.717, 1.165) is 6.42 Å². The molecular weight excluding hydrogens is 236 g/mol. The summed E-state index contributed by atoms with van der Waals surface area (Å²) in [6.45, 7) is 6.39. The zero-order valence-corrected chi connectivity index (χ0v) is 13.5. The molecule has 0 saturated carbocycles. The predicted molar refractivity (Wildman–Crippen MR) is 71.2 cm³/mol. The molecule has 0 aromatic rings. The van der Waals surface area contributed by atoms with Gasteiger partial charge < -0.3 is 14.6 Å². The summed E-state index contributed by atoms with van der Waals surface area (Å²) in [5.41, 5.74) is -0.498. The summed E-state index contributed by atoms with van der Waals surface area (Å²) in [6.07, 6.45) is 1.21. The zero-order chi connectivity index (χ0) is 13.3. The highest BCUT2D eigenvalue weighted by Crippen LogP contribution is 2.22. The van der Waals surface area contributed by atoms with Crippen LogP contribution in [-0.2, 0) is 14.3 Å². The average Bonchev–Trinajstić information content (AvgIpc) is 2.32. The van der Waals surface area contributed by atoms with Crippen LogP contribution in [0, 0.1) is 5.41 Å². The van der Waals surface area contributed by atoms with Gasteiger partial charge in [-0.15, -0.1) is 0 Å². The highest BCUT2D eigenvalue weighted by molar-refractivity contribution is 6.08. The smallest absolute Gasteiger partial charge is 0.311 e. The minimum Gasteiger partial charge on any atom is -0.457 e. The van der Waals surface area contributed by atoms with Crippen molar-refractivity contribution < 1.29 is 19.4 Å². The molecule has 0 aliphatic carbocycles. The molecular formula is C12H26O4Si. The van der Waals surface area contributed by atoms with E-state index in [9.17, 15) is 4.79 Å². The van der Waals surface area contributed by atoms with Gasteiger partial charge in [0.2, 0.25) is 0 Å². The van der Waals surface area contributed by atoms with Crippen LogP contribution in [0.15, 0.2) is 0 Å². The molecule has 0 fully saturated rings. The number of carbonyl (C=O) groups is 1. The van der Waals surface area contributed by atoms with Gasteiger partial charge in [0.25, 0.3) is 0 Å². The molecule has 4 nitrogen and oxygen atoms in total. The normalized spacial score (nSPS) is 13.6. The molecule has 0 aliphatic rings. The first-order chi connectivity index (χ1) is 7.97. The van der Waals surface area contributed by atoms with E-state index in [1.165, 1.54) is 16.3 Å². The van der Waals surface area contributed by atoms with E-state index >= 15 is 0 Å². The lowest BCUT2D eigenvalue weighted by Crippen LogP contribution is -2.34. The fraction of sp³-hybridized carbons (Fsp3) is 0.917. The molecule has 0 spiro atoms. The summed E-state index contributed by atoms with van der Waals surface area (Å²) in [7, 11) is 1.18. The van der Waals surface area contributed by atoms with Crippen LogP contribution in [0.3, 0.4) is 0 Å². The summed E-state index contributed by atoms with van der Waals surface area (Å²) < 4.78 is 10.6. The lowest BCUT2D eigenvalue weighted by Gasteiger charge is -2.24. The molecule has 1 unspecified atom stereocenters. The fourth-order valence-corrected chi connectivity index (χ4v) is 1.33. The third-order valence-corrected chi connectivity index (χ3v) is 3.57. The van der Waals surface area contributed by atoms with E-state index in [4.69, 9.17) is 14.6 Å². The molecule has 0 heterocycles. The van der Waals surface area contributed by atoms with Crippen LogP contribution < -0.4 is 0 Å². The van der Waals surface area contributed by atoms with Gasteiger partial charge in [0.15, 0.2) is 0 Å². The molecule has 0 rings (SSSR count). The number of aliphatic hydroxyl groups excluding tert-OH is 1. The molecule has 0 saturated heterocycles. The summed E-state index contributed by atoms with van der Waals surface area (Å²) >= 11 is 0. The maximum absolute atomic E-state index is 11.8. The Hall–Kier alpha value is -0.393. The molecule has 5 heteroatoms. The van der Waals surface area contributed by atoms with E-state index < -0.39 is 11.5 Å². The summed E-state index contributed by atoms with van der Waals surface area (Å²) in [6, 6.07) is 1.20. The number of carbonyl (C=O) groups excluding carboxylic acids is 1. The van der Waals surface area contributed by atoms with Crippen LogP contribution in [0.4, 0.5) is 0 Å². The molecule has 0 aromatic heterocycles. The SMILES string of the molecule is CCC(C)(C)C(=O)OC(CO)COCCC[SiH3]. The quantitative estimate of drug-likeness (QED) is 0.374. The number of esters is 1. The van der Waals surface area contributed by atoms with Gasteiger partial charge in [-0.1, -0.05) is 13.0 Å². The van der Waals surface area contributed by atoms with Crippen molar-refractivity contribution in [2.45, 2.75) is 45.8 Å². The predicted octanol–water partition coefficient (Wildman–Crippen LogP) is 0.517. The van der Waals surface area contributed by atoms with Crippen LogP contribution in [0.1, 0.15) is 33.6 Å². The Morgan fingerprint density at radius 2 is 2.12 bits per heavy atom. The molecule has 0 aromatic carbocycles. The first kappa shape index (κ1) is 16.6. The van der Waals surface area contributed by atoms with Crippen molar-refractivity contribution >= 4 is 16.2 Å². The van der Waals surface area contributed by atoms with Crippen LogP contribution in [0.2, 0.25) is 6.04 Å². The van der Waals surface area contributed by atoms with Gasteiger partial charge in [0, 0.05) is 16.8 Å². The van der Waals surface area contributed by atoms with E-state index in [0.29, 0.717) is 13.0 Å². The Balaban J connectivity index is 4.00. The van der Waals surface area contributed by atoms with Crippen LogP contribution in [0.5, 0.6) is 0 Å². The second kappa shape index (κ2) is 8.66.